The quantitative estimate of drug-likeness (QED) is 0.188. The zero-order valence-electron chi connectivity index (χ0n) is 27.2. The Morgan fingerprint density at radius 3 is 1.65 bits per heavy atom. The molecule has 3 heterocycles. The molecule has 9 aromatic rings. The molecule has 0 unspecified atom stereocenters. The third-order valence-electron chi connectivity index (χ3n) is 10.4. The highest BCUT2D eigenvalue weighted by molar-refractivity contribution is 7.26. The first kappa shape index (κ1) is 28.4. The molecule has 0 fully saturated rings. The van der Waals surface area contributed by atoms with Crippen molar-refractivity contribution in [2.24, 2.45) is 0 Å². The van der Waals surface area contributed by atoms with Crippen LogP contribution in [0.15, 0.2) is 164 Å². The van der Waals surface area contributed by atoms with Crippen LogP contribution in [0.1, 0.15) is 22.3 Å². The Morgan fingerprint density at radius 1 is 0.431 bits per heavy atom. The van der Waals surface area contributed by atoms with Crippen molar-refractivity contribution < 1.29 is 4.74 Å². The highest BCUT2D eigenvalue weighted by Gasteiger charge is 2.51. The normalized spacial score (nSPS) is 13.4. The van der Waals surface area contributed by atoms with Gasteiger partial charge in [-0.25, -0.2) is 15.0 Å². The molecule has 1 spiro atoms. The molecule has 0 amide bonds. The Bertz CT molecular complexity index is 2740. The summed E-state index contributed by atoms with van der Waals surface area (Å²) in [6.07, 6.45) is 0. The van der Waals surface area contributed by atoms with E-state index in [9.17, 15) is 0 Å². The number of hydrogen-bond acceptors (Lipinski definition) is 5. The standard InChI is InChI=1S/C46H27N3OS/c1-3-13-28(14-4-1)43-47-44(29-15-5-2-6-16-29)49-45(48-43)30-23-24-33-32(27-30)41-36(25-26-40-42(41)31-17-7-12-22-39(31)51-40)46(33)34-18-8-10-20-37(34)50-38-21-11-9-19-35(38)46/h1-27H. The average Bonchev–Trinajstić information content (AvgIpc) is 3.72. The highest BCUT2D eigenvalue weighted by atomic mass is 32.1. The molecule has 0 bridgehead atoms. The maximum Gasteiger partial charge on any atom is 0.164 e. The van der Waals surface area contributed by atoms with Crippen LogP contribution in [0.5, 0.6) is 11.5 Å². The van der Waals surface area contributed by atoms with E-state index in [2.05, 4.69) is 127 Å². The van der Waals surface area contributed by atoms with Crippen LogP contribution in [0, 0.1) is 0 Å². The number of para-hydroxylation sites is 2. The van der Waals surface area contributed by atoms with Crippen LogP contribution in [-0.2, 0) is 5.41 Å². The van der Waals surface area contributed by atoms with Crippen molar-refractivity contribution in [1.29, 1.82) is 0 Å². The monoisotopic (exact) mass is 669 g/mol. The van der Waals surface area contributed by atoms with E-state index in [0.29, 0.717) is 17.5 Å². The van der Waals surface area contributed by atoms with Crippen molar-refractivity contribution in [3.8, 4) is 56.8 Å². The average molecular weight is 670 g/mol. The van der Waals surface area contributed by atoms with Crippen molar-refractivity contribution in [1.82, 2.24) is 15.0 Å². The fourth-order valence-electron chi connectivity index (χ4n) is 8.28. The molecule has 4 nitrogen and oxygen atoms in total. The Kier molecular flexibility index (Phi) is 6.01. The lowest BCUT2D eigenvalue weighted by molar-refractivity contribution is 0.436. The molecule has 0 saturated heterocycles. The van der Waals surface area contributed by atoms with E-state index in [1.54, 1.807) is 0 Å². The second kappa shape index (κ2) is 10.8. The van der Waals surface area contributed by atoms with Crippen LogP contribution in [0.25, 0.3) is 65.5 Å². The summed E-state index contributed by atoms with van der Waals surface area (Å²) in [5.74, 6) is 3.70. The number of nitrogens with zero attached hydrogens (tertiary/aromatic N) is 3. The van der Waals surface area contributed by atoms with E-state index in [-0.39, 0.29) is 0 Å². The summed E-state index contributed by atoms with van der Waals surface area (Å²) in [6, 6.07) is 57.6. The largest absolute Gasteiger partial charge is 0.457 e. The second-order valence-corrected chi connectivity index (χ2v) is 14.2. The summed E-state index contributed by atoms with van der Waals surface area (Å²) in [5, 5.41) is 2.56. The fraction of sp³-hybridized carbons (Fsp3) is 0.0217. The van der Waals surface area contributed by atoms with E-state index in [1.807, 2.05) is 47.7 Å². The Hall–Kier alpha value is -6.43. The van der Waals surface area contributed by atoms with Gasteiger partial charge in [0.25, 0.3) is 0 Å². The smallest absolute Gasteiger partial charge is 0.164 e. The van der Waals surface area contributed by atoms with Gasteiger partial charge in [0, 0.05) is 48.0 Å². The maximum atomic E-state index is 6.62. The minimum Gasteiger partial charge on any atom is -0.457 e. The van der Waals surface area contributed by atoms with Crippen molar-refractivity contribution in [2.45, 2.75) is 5.41 Å². The van der Waals surface area contributed by atoms with Crippen molar-refractivity contribution in [3.05, 3.63) is 186 Å². The molecule has 51 heavy (non-hydrogen) atoms. The van der Waals surface area contributed by atoms with E-state index < -0.39 is 5.41 Å². The van der Waals surface area contributed by atoms with Gasteiger partial charge in [-0.1, -0.05) is 133 Å². The van der Waals surface area contributed by atoms with E-state index in [1.165, 1.54) is 42.4 Å². The van der Waals surface area contributed by atoms with E-state index in [4.69, 9.17) is 19.7 Å². The van der Waals surface area contributed by atoms with Gasteiger partial charge in [-0.3, -0.25) is 0 Å². The molecule has 1 aliphatic carbocycles. The fourth-order valence-corrected chi connectivity index (χ4v) is 9.40. The van der Waals surface area contributed by atoms with Crippen LogP contribution in [-0.4, -0.2) is 15.0 Å². The van der Waals surface area contributed by atoms with E-state index in [0.717, 1.165) is 39.3 Å². The summed E-state index contributed by atoms with van der Waals surface area (Å²) in [4.78, 5) is 15.2. The van der Waals surface area contributed by atoms with Crippen LogP contribution in [0.3, 0.4) is 0 Å². The molecule has 1 aliphatic heterocycles. The summed E-state index contributed by atoms with van der Waals surface area (Å²) < 4.78 is 9.17. The molecular weight excluding hydrogens is 643 g/mol. The lowest BCUT2D eigenvalue weighted by atomic mass is 9.66. The molecule has 2 aliphatic rings. The first-order valence-electron chi connectivity index (χ1n) is 17.1. The molecule has 0 N–H and O–H groups in total. The number of hydrogen-bond donors (Lipinski definition) is 0. The Balaban J connectivity index is 1.24. The SMILES string of the molecule is c1ccc(-c2nc(-c3ccccc3)nc(-c3ccc4c(c3)-c3c(ccc5sc6ccccc6c35)C43c4ccccc4Oc4ccccc43)n2)cc1. The lowest BCUT2D eigenvalue weighted by Gasteiger charge is -2.39. The third kappa shape index (κ3) is 4.04. The number of benzene rings is 7. The zero-order valence-corrected chi connectivity index (χ0v) is 28.1. The van der Waals surface area contributed by atoms with E-state index >= 15 is 0 Å². The van der Waals surface area contributed by atoms with Crippen molar-refractivity contribution >= 4 is 31.5 Å². The maximum absolute atomic E-state index is 6.62. The number of rotatable bonds is 3. The predicted molar refractivity (Wildman–Crippen MR) is 206 cm³/mol. The molecule has 0 saturated carbocycles. The van der Waals surface area contributed by atoms with Crippen LogP contribution < -0.4 is 4.74 Å². The number of aromatic nitrogens is 3. The lowest BCUT2D eigenvalue weighted by Crippen LogP contribution is -2.32. The summed E-state index contributed by atoms with van der Waals surface area (Å²) in [5.41, 5.74) is 9.50. The number of fused-ring (bicyclic) bond motifs is 13. The highest BCUT2D eigenvalue weighted by Crippen LogP contribution is 2.64. The van der Waals surface area contributed by atoms with Gasteiger partial charge in [0.1, 0.15) is 11.5 Å². The molecular formula is C46H27N3OS. The number of thiophene rings is 1. The van der Waals surface area contributed by atoms with Gasteiger partial charge in [0.2, 0.25) is 0 Å². The first-order valence-corrected chi connectivity index (χ1v) is 17.9. The van der Waals surface area contributed by atoms with Gasteiger partial charge in [-0.05, 0) is 52.6 Å². The third-order valence-corrected chi connectivity index (χ3v) is 11.5. The summed E-state index contributed by atoms with van der Waals surface area (Å²) in [6.45, 7) is 0. The van der Waals surface area contributed by atoms with Crippen molar-refractivity contribution in [2.75, 3.05) is 0 Å². The Morgan fingerprint density at radius 2 is 0.980 bits per heavy atom. The molecule has 0 radical (unpaired) electrons. The van der Waals surface area contributed by atoms with Gasteiger partial charge in [0.15, 0.2) is 17.5 Å². The van der Waals surface area contributed by atoms with Crippen LogP contribution in [0.4, 0.5) is 0 Å². The summed E-state index contributed by atoms with van der Waals surface area (Å²) >= 11 is 1.85. The molecule has 0 atom stereocenters. The van der Waals surface area contributed by atoms with Gasteiger partial charge in [-0.15, -0.1) is 11.3 Å². The second-order valence-electron chi connectivity index (χ2n) is 13.1. The Labute approximate surface area is 298 Å². The van der Waals surface area contributed by atoms with Crippen molar-refractivity contribution in [3.63, 3.8) is 0 Å². The van der Waals surface area contributed by atoms with Gasteiger partial charge < -0.3 is 4.74 Å². The van der Waals surface area contributed by atoms with Crippen LogP contribution in [0.2, 0.25) is 0 Å². The predicted octanol–water partition coefficient (Wildman–Crippen LogP) is 11.7. The minimum atomic E-state index is -0.574. The topological polar surface area (TPSA) is 47.9 Å². The molecule has 7 aromatic carbocycles. The van der Waals surface area contributed by atoms with Gasteiger partial charge >= 0.3 is 0 Å². The first-order chi connectivity index (χ1) is 25.3. The molecule has 2 aromatic heterocycles. The summed E-state index contributed by atoms with van der Waals surface area (Å²) in [7, 11) is 0. The van der Waals surface area contributed by atoms with Gasteiger partial charge in [0.05, 0.1) is 5.41 Å². The molecule has 5 heteroatoms. The number of ether oxygens (including phenoxy) is 1. The van der Waals surface area contributed by atoms with Crippen LogP contribution >= 0.6 is 11.3 Å². The molecule has 238 valence electrons. The molecule has 11 rings (SSSR count). The zero-order chi connectivity index (χ0) is 33.5. The van der Waals surface area contributed by atoms with Gasteiger partial charge in [-0.2, -0.15) is 0 Å². The minimum absolute atomic E-state index is 0.574.